The van der Waals surface area contributed by atoms with Gasteiger partial charge in [0.15, 0.2) is 0 Å². The number of rotatable bonds is 6. The molecule has 0 fully saturated rings. The Balaban J connectivity index is 3.17. The lowest BCUT2D eigenvalue weighted by molar-refractivity contribution is -0.114. The molecule has 0 spiro atoms. The molecule has 1 nitrogen and oxygen atoms in total. The van der Waals surface area contributed by atoms with Gasteiger partial charge in [-0.2, -0.15) is 0 Å². The first-order valence-corrected chi connectivity index (χ1v) is 4.75. The van der Waals surface area contributed by atoms with Crippen molar-refractivity contribution in [2.24, 2.45) is 5.92 Å². The van der Waals surface area contributed by atoms with E-state index in [0.29, 0.717) is 0 Å². The quantitative estimate of drug-likeness (QED) is 0.448. The van der Waals surface area contributed by atoms with E-state index >= 15 is 0 Å². The van der Waals surface area contributed by atoms with Gasteiger partial charge in [-0.05, 0) is 18.0 Å². The summed E-state index contributed by atoms with van der Waals surface area (Å²) < 4.78 is 0. The van der Waals surface area contributed by atoms with Crippen LogP contribution in [0.4, 0.5) is 0 Å². The summed E-state index contributed by atoms with van der Waals surface area (Å²) in [5, 5.41) is -0.193. The third-order valence-electron chi connectivity index (χ3n) is 1.88. The molecule has 0 aliphatic heterocycles. The Morgan fingerprint density at radius 2 is 2.00 bits per heavy atom. The van der Waals surface area contributed by atoms with Gasteiger partial charge < -0.3 is 0 Å². The van der Waals surface area contributed by atoms with Gasteiger partial charge in [-0.25, -0.2) is 0 Å². The van der Waals surface area contributed by atoms with E-state index in [-0.39, 0.29) is 11.2 Å². The van der Waals surface area contributed by atoms with Crippen molar-refractivity contribution in [3.8, 4) is 0 Å². The molecule has 2 heteroatoms. The molecule has 0 aromatic rings. The van der Waals surface area contributed by atoms with Crippen molar-refractivity contribution in [3.05, 3.63) is 0 Å². The molecule has 1 unspecified atom stereocenters. The van der Waals surface area contributed by atoms with Gasteiger partial charge in [-0.15, -0.1) is 0 Å². The zero-order valence-electron chi connectivity index (χ0n) is 7.40. The number of halogens is 1. The van der Waals surface area contributed by atoms with Gasteiger partial charge in [-0.1, -0.05) is 39.5 Å². The predicted octanol–water partition coefficient (Wildman–Crippen LogP) is 3.36. The molecule has 0 aliphatic rings. The predicted molar refractivity (Wildman–Crippen MR) is 48.8 cm³/mol. The van der Waals surface area contributed by atoms with Crippen LogP contribution in [-0.4, -0.2) is 5.24 Å². The molecule has 1 atom stereocenters. The molecule has 0 bridgehead atoms. The van der Waals surface area contributed by atoms with Gasteiger partial charge in [0, 0.05) is 5.92 Å². The number of carbonyl (C=O) groups is 1. The Morgan fingerprint density at radius 3 is 2.45 bits per heavy atom. The maximum atomic E-state index is 10.6. The molecule has 0 aliphatic carbocycles. The van der Waals surface area contributed by atoms with Crippen LogP contribution in [0.15, 0.2) is 0 Å². The summed E-state index contributed by atoms with van der Waals surface area (Å²) in [6.45, 7) is 4.07. The fourth-order valence-corrected chi connectivity index (χ4v) is 1.10. The fraction of sp³-hybridized carbons (Fsp3) is 0.889. The first-order chi connectivity index (χ1) is 5.18. The van der Waals surface area contributed by atoms with Crippen LogP contribution in [0.1, 0.15) is 46.0 Å². The first kappa shape index (κ1) is 11.0. The molecule has 11 heavy (non-hydrogen) atoms. The molecule has 0 aromatic heterocycles. The Labute approximate surface area is 74.1 Å². The maximum Gasteiger partial charge on any atom is 0.224 e. The van der Waals surface area contributed by atoms with E-state index in [4.69, 9.17) is 11.6 Å². The summed E-state index contributed by atoms with van der Waals surface area (Å²) in [7, 11) is 0. The van der Waals surface area contributed by atoms with E-state index in [0.717, 1.165) is 12.8 Å². The lowest BCUT2D eigenvalue weighted by Gasteiger charge is -2.04. The minimum absolute atomic E-state index is 0.0496. The lowest BCUT2D eigenvalue weighted by atomic mass is 10.0. The van der Waals surface area contributed by atoms with E-state index < -0.39 is 0 Å². The fourth-order valence-electron chi connectivity index (χ4n) is 0.991. The van der Waals surface area contributed by atoms with Crippen molar-refractivity contribution in [2.75, 3.05) is 0 Å². The van der Waals surface area contributed by atoms with E-state index in [1.807, 2.05) is 6.92 Å². The third kappa shape index (κ3) is 6.36. The average Bonchev–Trinajstić information content (AvgIpc) is 1.97. The molecule has 0 aromatic carbocycles. The molecule has 0 amide bonds. The van der Waals surface area contributed by atoms with Crippen molar-refractivity contribution >= 4 is 16.8 Å². The van der Waals surface area contributed by atoms with E-state index in [9.17, 15) is 4.79 Å². The highest BCUT2D eigenvalue weighted by atomic mass is 35.5. The second kappa shape index (κ2) is 6.66. The molecule has 0 radical (unpaired) electrons. The van der Waals surface area contributed by atoms with Gasteiger partial charge in [0.25, 0.3) is 0 Å². The van der Waals surface area contributed by atoms with Crippen LogP contribution in [-0.2, 0) is 4.79 Å². The maximum absolute atomic E-state index is 10.6. The van der Waals surface area contributed by atoms with Gasteiger partial charge in [0.2, 0.25) is 5.24 Å². The van der Waals surface area contributed by atoms with Crippen molar-refractivity contribution < 1.29 is 4.79 Å². The molecule has 0 saturated carbocycles. The van der Waals surface area contributed by atoms with Crippen LogP contribution in [0, 0.1) is 5.92 Å². The van der Waals surface area contributed by atoms with Gasteiger partial charge in [-0.3, -0.25) is 4.79 Å². The second-order valence-corrected chi connectivity index (χ2v) is 3.43. The Kier molecular flexibility index (Phi) is 6.63. The van der Waals surface area contributed by atoms with Crippen molar-refractivity contribution in [2.45, 2.75) is 46.0 Å². The number of hydrogen-bond donors (Lipinski definition) is 0. The Bertz CT molecular complexity index is 112. The number of hydrogen-bond acceptors (Lipinski definition) is 1. The third-order valence-corrected chi connectivity index (χ3v) is 2.25. The summed E-state index contributed by atoms with van der Waals surface area (Å²) in [5.74, 6) is 0.0496. The molecular weight excluding hydrogens is 160 g/mol. The van der Waals surface area contributed by atoms with E-state index in [1.54, 1.807) is 0 Å². The Morgan fingerprint density at radius 1 is 1.36 bits per heavy atom. The van der Waals surface area contributed by atoms with Crippen LogP contribution < -0.4 is 0 Å². The van der Waals surface area contributed by atoms with Crippen LogP contribution >= 0.6 is 11.6 Å². The summed E-state index contributed by atoms with van der Waals surface area (Å²) in [4.78, 5) is 10.6. The molecule has 0 saturated heterocycles. The molecular formula is C9H17ClO. The van der Waals surface area contributed by atoms with Crippen LogP contribution in [0.25, 0.3) is 0 Å². The topological polar surface area (TPSA) is 17.1 Å². The smallest absolute Gasteiger partial charge is 0.224 e. The minimum Gasteiger partial charge on any atom is -0.281 e. The standard InChI is InChI=1S/C9H17ClO/c1-3-4-5-6-7-8(2)9(10)11/h8H,3-7H2,1-2H3. The van der Waals surface area contributed by atoms with Crippen molar-refractivity contribution in [1.82, 2.24) is 0 Å². The summed E-state index contributed by atoms with van der Waals surface area (Å²) in [6.07, 6.45) is 5.81. The average molecular weight is 177 g/mol. The zero-order valence-corrected chi connectivity index (χ0v) is 8.16. The highest BCUT2D eigenvalue weighted by molar-refractivity contribution is 6.63. The van der Waals surface area contributed by atoms with Crippen LogP contribution in [0.2, 0.25) is 0 Å². The summed E-state index contributed by atoms with van der Waals surface area (Å²) in [6, 6.07) is 0. The normalized spacial score (nSPS) is 13.0. The lowest BCUT2D eigenvalue weighted by Crippen LogP contribution is -2.02. The van der Waals surface area contributed by atoms with Gasteiger partial charge in [0.05, 0.1) is 0 Å². The Hall–Kier alpha value is -0.0400. The molecule has 66 valence electrons. The van der Waals surface area contributed by atoms with Gasteiger partial charge in [0.1, 0.15) is 0 Å². The molecule has 0 heterocycles. The first-order valence-electron chi connectivity index (χ1n) is 4.37. The highest BCUT2D eigenvalue weighted by Crippen LogP contribution is 2.12. The summed E-state index contributed by atoms with van der Waals surface area (Å²) in [5.41, 5.74) is 0. The monoisotopic (exact) mass is 176 g/mol. The van der Waals surface area contributed by atoms with Crippen molar-refractivity contribution in [1.29, 1.82) is 0 Å². The molecule has 0 rings (SSSR count). The van der Waals surface area contributed by atoms with E-state index in [2.05, 4.69) is 6.92 Å². The van der Waals surface area contributed by atoms with E-state index in [1.165, 1.54) is 19.3 Å². The van der Waals surface area contributed by atoms with Crippen LogP contribution in [0.3, 0.4) is 0 Å². The zero-order chi connectivity index (χ0) is 8.69. The largest absolute Gasteiger partial charge is 0.281 e. The van der Waals surface area contributed by atoms with Gasteiger partial charge >= 0.3 is 0 Å². The van der Waals surface area contributed by atoms with Crippen LogP contribution in [0.5, 0.6) is 0 Å². The highest BCUT2D eigenvalue weighted by Gasteiger charge is 2.07. The second-order valence-electron chi connectivity index (χ2n) is 3.05. The van der Waals surface area contributed by atoms with Crippen molar-refractivity contribution in [3.63, 3.8) is 0 Å². The minimum atomic E-state index is -0.193. The number of unbranched alkanes of at least 4 members (excludes halogenated alkanes) is 3. The number of carbonyl (C=O) groups excluding carboxylic acids is 1. The SMILES string of the molecule is CCCCCCC(C)C(=O)Cl. The molecule has 0 N–H and O–H groups in total. The summed E-state index contributed by atoms with van der Waals surface area (Å²) >= 11 is 5.30.